The Labute approximate surface area is 176 Å². The lowest BCUT2D eigenvalue weighted by molar-refractivity contribution is -0.113. The first-order valence-electron chi connectivity index (χ1n) is 9.01. The molecule has 30 heavy (non-hydrogen) atoms. The van der Waals surface area contributed by atoms with E-state index in [-0.39, 0.29) is 11.7 Å². The van der Waals surface area contributed by atoms with Crippen LogP contribution in [0.2, 0.25) is 0 Å². The van der Waals surface area contributed by atoms with Gasteiger partial charge in [-0.1, -0.05) is 30.0 Å². The minimum absolute atomic E-state index is 0.168. The molecule has 0 spiro atoms. The fraction of sp³-hybridized carbons (Fsp3) is 0.0952. The molecule has 0 fully saturated rings. The molecule has 4 rings (SSSR count). The fourth-order valence-electron chi connectivity index (χ4n) is 2.83. The molecule has 2 heterocycles. The van der Waals surface area contributed by atoms with Crippen LogP contribution in [-0.2, 0) is 9.53 Å². The van der Waals surface area contributed by atoms with Crippen LogP contribution in [0.1, 0.15) is 10.4 Å². The highest BCUT2D eigenvalue weighted by Crippen LogP contribution is 2.26. The van der Waals surface area contributed by atoms with Crippen LogP contribution in [-0.4, -0.2) is 44.5 Å². The molecule has 4 aromatic rings. The van der Waals surface area contributed by atoms with E-state index in [4.69, 9.17) is 0 Å². The zero-order chi connectivity index (χ0) is 20.9. The second kappa shape index (κ2) is 8.75. The van der Waals surface area contributed by atoms with E-state index in [0.29, 0.717) is 21.9 Å². The van der Waals surface area contributed by atoms with Crippen molar-refractivity contribution in [2.45, 2.75) is 5.03 Å². The Bertz CT molecular complexity index is 1190. The molecule has 0 saturated carbocycles. The van der Waals surface area contributed by atoms with Gasteiger partial charge in [0.2, 0.25) is 5.91 Å². The molecule has 0 aliphatic rings. The molecule has 8 nitrogen and oxygen atoms in total. The molecule has 150 valence electrons. The first kappa shape index (κ1) is 19.6. The number of esters is 1. The number of ether oxygens (including phenoxy) is 1. The molecule has 9 heteroatoms. The lowest BCUT2D eigenvalue weighted by Gasteiger charge is -2.06. The van der Waals surface area contributed by atoms with Crippen molar-refractivity contribution in [2.24, 2.45) is 0 Å². The number of carbonyl (C=O) groups is 2. The lowest BCUT2D eigenvalue weighted by Crippen LogP contribution is -2.14. The summed E-state index contributed by atoms with van der Waals surface area (Å²) in [6.45, 7) is 0. The molecule has 1 amide bonds. The molecule has 0 atom stereocenters. The quantitative estimate of drug-likeness (QED) is 0.291. The topological polar surface area (TPSA) is 99.0 Å². The van der Waals surface area contributed by atoms with Gasteiger partial charge in [-0.3, -0.25) is 4.79 Å². The number of thioether (sulfide) groups is 1. The van der Waals surface area contributed by atoms with Crippen molar-refractivity contribution < 1.29 is 14.3 Å². The third-order valence-electron chi connectivity index (χ3n) is 4.26. The summed E-state index contributed by atoms with van der Waals surface area (Å²) in [7, 11) is 1.32. The molecule has 1 N–H and O–H groups in total. The fourth-order valence-corrected chi connectivity index (χ4v) is 3.60. The third-order valence-corrected chi connectivity index (χ3v) is 5.27. The Morgan fingerprint density at radius 2 is 1.83 bits per heavy atom. The SMILES string of the molecule is COC(=O)c1ccc(NC(=O)CSc2ncnc3c2cnn3-c2ccccc2)cc1. The second-order valence-corrected chi connectivity index (χ2v) is 7.18. The third kappa shape index (κ3) is 4.15. The first-order chi connectivity index (χ1) is 14.7. The predicted octanol–water partition coefficient (Wildman–Crippen LogP) is 3.33. The van der Waals surface area contributed by atoms with Gasteiger partial charge in [-0.2, -0.15) is 5.10 Å². The molecule has 0 unspecified atom stereocenters. The van der Waals surface area contributed by atoms with Gasteiger partial charge in [0, 0.05) is 5.69 Å². The minimum Gasteiger partial charge on any atom is -0.465 e. The van der Waals surface area contributed by atoms with Crippen molar-refractivity contribution in [1.82, 2.24) is 19.7 Å². The normalized spacial score (nSPS) is 10.7. The first-order valence-corrected chi connectivity index (χ1v) is 9.99. The number of hydrogen-bond acceptors (Lipinski definition) is 7. The minimum atomic E-state index is -0.424. The highest BCUT2D eigenvalue weighted by Gasteiger charge is 2.13. The summed E-state index contributed by atoms with van der Waals surface area (Å²) < 4.78 is 6.40. The van der Waals surface area contributed by atoms with Gasteiger partial charge >= 0.3 is 5.97 Å². The van der Waals surface area contributed by atoms with Crippen molar-refractivity contribution in [3.05, 3.63) is 72.7 Å². The lowest BCUT2D eigenvalue weighted by atomic mass is 10.2. The Kier molecular flexibility index (Phi) is 5.71. The smallest absolute Gasteiger partial charge is 0.337 e. The number of aromatic nitrogens is 4. The van der Waals surface area contributed by atoms with Gasteiger partial charge in [0.05, 0.1) is 35.7 Å². The molecule has 0 radical (unpaired) electrons. The monoisotopic (exact) mass is 419 g/mol. The summed E-state index contributed by atoms with van der Waals surface area (Å²) in [6.07, 6.45) is 3.17. The van der Waals surface area contributed by atoms with Gasteiger partial charge in [-0.25, -0.2) is 19.4 Å². The Hall–Kier alpha value is -3.72. The number of anilines is 1. The highest BCUT2D eigenvalue weighted by molar-refractivity contribution is 8.00. The molecule has 2 aromatic heterocycles. The summed E-state index contributed by atoms with van der Waals surface area (Å²) in [5, 5.41) is 8.67. The van der Waals surface area contributed by atoms with E-state index in [2.05, 4.69) is 25.1 Å². The maximum absolute atomic E-state index is 12.3. The standard InChI is InChI=1S/C21H17N5O3S/c1-29-21(28)14-7-9-15(10-8-14)25-18(27)12-30-20-17-11-24-26(19(17)22-13-23-20)16-5-3-2-4-6-16/h2-11,13H,12H2,1H3,(H,25,27). The largest absolute Gasteiger partial charge is 0.465 e. The Morgan fingerprint density at radius 1 is 1.07 bits per heavy atom. The van der Waals surface area contributed by atoms with Gasteiger partial charge in [-0.15, -0.1) is 0 Å². The number of carbonyl (C=O) groups excluding carboxylic acids is 2. The zero-order valence-electron chi connectivity index (χ0n) is 16.0. The maximum atomic E-state index is 12.3. The Balaban J connectivity index is 1.44. The van der Waals surface area contributed by atoms with Crippen LogP contribution in [0, 0.1) is 0 Å². The summed E-state index contributed by atoms with van der Waals surface area (Å²) >= 11 is 1.31. The van der Waals surface area contributed by atoms with Crippen LogP contribution in [0.4, 0.5) is 5.69 Å². The van der Waals surface area contributed by atoms with Gasteiger partial charge in [0.1, 0.15) is 11.4 Å². The van der Waals surface area contributed by atoms with Crippen molar-refractivity contribution in [2.75, 3.05) is 18.2 Å². The van der Waals surface area contributed by atoms with Crippen LogP contribution in [0.15, 0.2) is 72.1 Å². The van der Waals surface area contributed by atoms with E-state index in [9.17, 15) is 9.59 Å². The molecular weight excluding hydrogens is 402 g/mol. The molecule has 0 saturated heterocycles. The average Bonchev–Trinajstić information content (AvgIpc) is 3.23. The average molecular weight is 419 g/mol. The highest BCUT2D eigenvalue weighted by atomic mass is 32.2. The van der Waals surface area contributed by atoms with E-state index in [0.717, 1.165) is 11.1 Å². The number of rotatable bonds is 6. The van der Waals surface area contributed by atoms with E-state index >= 15 is 0 Å². The van der Waals surface area contributed by atoms with Gasteiger partial charge in [-0.05, 0) is 36.4 Å². The van der Waals surface area contributed by atoms with Crippen LogP contribution < -0.4 is 5.32 Å². The van der Waals surface area contributed by atoms with Crippen LogP contribution >= 0.6 is 11.8 Å². The van der Waals surface area contributed by atoms with Crippen LogP contribution in [0.3, 0.4) is 0 Å². The van der Waals surface area contributed by atoms with Crippen molar-refractivity contribution in [3.63, 3.8) is 0 Å². The number of nitrogens with one attached hydrogen (secondary N) is 1. The Morgan fingerprint density at radius 3 is 2.57 bits per heavy atom. The number of fused-ring (bicyclic) bond motifs is 1. The number of nitrogens with zero attached hydrogens (tertiary/aromatic N) is 4. The number of para-hydroxylation sites is 1. The molecule has 0 aliphatic carbocycles. The molecule has 2 aromatic carbocycles. The summed E-state index contributed by atoms with van der Waals surface area (Å²) in [5.74, 6) is -0.443. The molecule has 0 aliphatic heterocycles. The van der Waals surface area contributed by atoms with Gasteiger partial charge in [0.25, 0.3) is 0 Å². The summed E-state index contributed by atoms with van der Waals surface area (Å²) in [5.41, 5.74) is 2.59. The zero-order valence-corrected chi connectivity index (χ0v) is 16.8. The predicted molar refractivity (Wildman–Crippen MR) is 114 cm³/mol. The number of benzene rings is 2. The van der Waals surface area contributed by atoms with E-state index in [1.165, 1.54) is 25.2 Å². The summed E-state index contributed by atoms with van der Waals surface area (Å²) in [4.78, 5) is 32.5. The molecular formula is C21H17N5O3S. The van der Waals surface area contributed by atoms with Crippen LogP contribution in [0.5, 0.6) is 0 Å². The summed E-state index contributed by atoms with van der Waals surface area (Å²) in [6, 6.07) is 16.2. The van der Waals surface area contributed by atoms with E-state index in [1.807, 2.05) is 30.3 Å². The van der Waals surface area contributed by atoms with Crippen molar-refractivity contribution >= 4 is 40.4 Å². The van der Waals surface area contributed by atoms with Gasteiger partial charge in [0.15, 0.2) is 5.65 Å². The van der Waals surface area contributed by atoms with Crippen molar-refractivity contribution in [3.8, 4) is 5.69 Å². The van der Waals surface area contributed by atoms with Gasteiger partial charge < -0.3 is 10.1 Å². The maximum Gasteiger partial charge on any atom is 0.337 e. The van der Waals surface area contributed by atoms with Crippen LogP contribution in [0.25, 0.3) is 16.7 Å². The number of amides is 1. The number of methoxy groups -OCH3 is 1. The molecule has 0 bridgehead atoms. The second-order valence-electron chi connectivity index (χ2n) is 6.21. The van der Waals surface area contributed by atoms with E-state index < -0.39 is 5.97 Å². The number of hydrogen-bond donors (Lipinski definition) is 1. The van der Waals surface area contributed by atoms with Crippen molar-refractivity contribution in [1.29, 1.82) is 0 Å². The van der Waals surface area contributed by atoms with E-state index in [1.54, 1.807) is 35.1 Å².